The Labute approximate surface area is 133 Å². The molecule has 20 heavy (non-hydrogen) atoms. The highest BCUT2D eigenvalue weighted by Crippen LogP contribution is 2.31. The first-order valence-corrected chi connectivity index (χ1v) is 8.40. The third-order valence-corrected chi connectivity index (χ3v) is 4.46. The molecule has 0 radical (unpaired) electrons. The van der Waals surface area contributed by atoms with Gasteiger partial charge in [-0.15, -0.1) is 11.3 Å². The van der Waals surface area contributed by atoms with E-state index < -0.39 is 0 Å². The number of hydrogen-bond acceptors (Lipinski definition) is 4. The van der Waals surface area contributed by atoms with Crippen molar-refractivity contribution < 1.29 is 0 Å². The molecule has 0 aliphatic heterocycles. The Kier molecular flexibility index (Phi) is 4.81. The summed E-state index contributed by atoms with van der Waals surface area (Å²) in [6, 6.07) is 6.15. The average molecular weight is 354 g/mol. The number of thiophene rings is 1. The van der Waals surface area contributed by atoms with Crippen LogP contribution in [0.1, 0.15) is 39.8 Å². The molecule has 108 valence electrons. The molecule has 2 aromatic heterocycles. The number of nitrogens with zero attached hydrogens (tertiary/aromatic N) is 2. The van der Waals surface area contributed by atoms with Gasteiger partial charge in [-0.05, 0) is 34.5 Å². The Morgan fingerprint density at radius 1 is 1.25 bits per heavy atom. The predicted molar refractivity (Wildman–Crippen MR) is 90.5 cm³/mol. The van der Waals surface area contributed by atoms with Crippen molar-refractivity contribution in [2.75, 3.05) is 11.9 Å². The van der Waals surface area contributed by atoms with Crippen molar-refractivity contribution in [3.05, 3.63) is 27.7 Å². The van der Waals surface area contributed by atoms with Crippen LogP contribution in [-0.4, -0.2) is 16.5 Å². The molecular formula is C15H20BrN3S. The number of halogens is 1. The third-order valence-electron chi connectivity index (χ3n) is 2.84. The molecular weight excluding hydrogens is 334 g/mol. The lowest BCUT2D eigenvalue weighted by Gasteiger charge is -2.19. The Morgan fingerprint density at radius 3 is 2.55 bits per heavy atom. The topological polar surface area (TPSA) is 37.8 Å². The Bertz CT molecular complexity index is 587. The fourth-order valence-corrected chi connectivity index (χ4v) is 3.04. The van der Waals surface area contributed by atoms with Gasteiger partial charge in [0.05, 0.1) is 14.4 Å². The first-order chi connectivity index (χ1) is 9.40. The van der Waals surface area contributed by atoms with Gasteiger partial charge < -0.3 is 5.32 Å². The highest BCUT2D eigenvalue weighted by Gasteiger charge is 2.19. The second-order valence-corrected chi connectivity index (χ2v) is 8.21. The van der Waals surface area contributed by atoms with E-state index in [1.165, 1.54) is 0 Å². The molecule has 1 N–H and O–H groups in total. The van der Waals surface area contributed by atoms with Gasteiger partial charge in [0.25, 0.3) is 0 Å². The van der Waals surface area contributed by atoms with Crippen LogP contribution in [0.25, 0.3) is 10.7 Å². The Balaban J connectivity index is 2.45. The maximum Gasteiger partial charge on any atom is 0.171 e. The largest absolute Gasteiger partial charge is 0.370 e. The van der Waals surface area contributed by atoms with E-state index in [0.717, 1.165) is 39.0 Å². The fraction of sp³-hybridized carbons (Fsp3) is 0.467. The van der Waals surface area contributed by atoms with Crippen LogP contribution in [0.3, 0.4) is 0 Å². The van der Waals surface area contributed by atoms with Crippen molar-refractivity contribution in [3.63, 3.8) is 0 Å². The minimum Gasteiger partial charge on any atom is -0.370 e. The van der Waals surface area contributed by atoms with Gasteiger partial charge in [-0.1, -0.05) is 27.7 Å². The van der Waals surface area contributed by atoms with Gasteiger partial charge in [0, 0.05) is 18.0 Å². The van der Waals surface area contributed by atoms with Crippen LogP contribution in [0.2, 0.25) is 0 Å². The quantitative estimate of drug-likeness (QED) is 0.831. The zero-order valence-corrected chi connectivity index (χ0v) is 14.7. The van der Waals surface area contributed by atoms with E-state index >= 15 is 0 Å². The zero-order valence-electron chi connectivity index (χ0n) is 12.3. The van der Waals surface area contributed by atoms with Gasteiger partial charge in [0.2, 0.25) is 0 Å². The van der Waals surface area contributed by atoms with Gasteiger partial charge in [-0.25, -0.2) is 9.97 Å². The lowest BCUT2D eigenvalue weighted by Crippen LogP contribution is -2.16. The molecule has 0 saturated heterocycles. The number of rotatable bonds is 4. The molecule has 2 aromatic rings. The van der Waals surface area contributed by atoms with Crippen molar-refractivity contribution in [2.24, 2.45) is 0 Å². The summed E-state index contributed by atoms with van der Waals surface area (Å²) in [5, 5.41) is 3.37. The van der Waals surface area contributed by atoms with Crippen molar-refractivity contribution >= 4 is 33.1 Å². The zero-order chi connectivity index (χ0) is 14.8. The highest BCUT2D eigenvalue weighted by molar-refractivity contribution is 9.11. The molecule has 0 fully saturated rings. The highest BCUT2D eigenvalue weighted by atomic mass is 79.9. The lowest BCUT2D eigenvalue weighted by atomic mass is 9.92. The molecule has 0 aliphatic rings. The van der Waals surface area contributed by atoms with E-state index in [1.807, 2.05) is 6.07 Å². The summed E-state index contributed by atoms with van der Waals surface area (Å²) in [7, 11) is 0. The monoisotopic (exact) mass is 353 g/mol. The maximum atomic E-state index is 4.73. The van der Waals surface area contributed by atoms with Gasteiger partial charge in [0.15, 0.2) is 5.82 Å². The van der Waals surface area contributed by atoms with E-state index in [9.17, 15) is 0 Å². The summed E-state index contributed by atoms with van der Waals surface area (Å²) in [6.45, 7) is 9.59. The van der Waals surface area contributed by atoms with E-state index in [0.29, 0.717) is 0 Å². The minimum atomic E-state index is 0.00876. The minimum absolute atomic E-state index is 0.00876. The van der Waals surface area contributed by atoms with Gasteiger partial charge in [-0.2, -0.15) is 0 Å². The fourth-order valence-electron chi connectivity index (χ4n) is 1.72. The maximum absolute atomic E-state index is 4.73. The third kappa shape index (κ3) is 3.79. The van der Waals surface area contributed by atoms with Crippen LogP contribution in [0.5, 0.6) is 0 Å². The van der Waals surface area contributed by atoms with Crippen LogP contribution in [0.4, 0.5) is 5.82 Å². The van der Waals surface area contributed by atoms with Crippen molar-refractivity contribution in [3.8, 4) is 10.7 Å². The van der Waals surface area contributed by atoms with E-state index in [-0.39, 0.29) is 5.41 Å². The summed E-state index contributed by atoms with van der Waals surface area (Å²) in [5.74, 6) is 1.71. The molecule has 0 bridgehead atoms. The Morgan fingerprint density at radius 2 is 2.00 bits per heavy atom. The first kappa shape index (κ1) is 15.4. The average Bonchev–Trinajstić information content (AvgIpc) is 2.82. The van der Waals surface area contributed by atoms with Gasteiger partial charge >= 0.3 is 0 Å². The number of anilines is 1. The summed E-state index contributed by atoms with van der Waals surface area (Å²) in [4.78, 5) is 10.5. The molecule has 0 saturated carbocycles. The predicted octanol–water partition coefficient (Wildman–Crippen LogP) is 5.09. The first-order valence-electron chi connectivity index (χ1n) is 6.79. The molecule has 0 unspecified atom stereocenters. The number of hydrogen-bond donors (Lipinski definition) is 1. The van der Waals surface area contributed by atoms with Crippen molar-refractivity contribution in [2.45, 2.75) is 39.5 Å². The number of aromatic nitrogens is 2. The SMILES string of the molecule is CCCNc1cc(C(C)(C)C)nc(-c2ccc(Br)s2)n1. The standard InChI is InChI=1S/C15H20BrN3S/c1-5-8-17-13-9-11(15(2,3)4)18-14(19-13)10-6-7-12(16)20-10/h6-7,9H,5,8H2,1-4H3,(H,17,18,19). The Hall–Kier alpha value is -0.940. The molecule has 2 rings (SSSR count). The molecule has 2 heterocycles. The molecule has 0 aromatic carbocycles. The molecule has 0 atom stereocenters. The van der Waals surface area contributed by atoms with Crippen molar-refractivity contribution in [1.29, 1.82) is 0 Å². The van der Waals surface area contributed by atoms with Crippen molar-refractivity contribution in [1.82, 2.24) is 9.97 Å². The summed E-state index contributed by atoms with van der Waals surface area (Å²) >= 11 is 5.15. The van der Waals surface area contributed by atoms with E-state index in [4.69, 9.17) is 4.98 Å². The normalized spacial score (nSPS) is 11.7. The van der Waals surface area contributed by atoms with Crippen LogP contribution in [-0.2, 0) is 5.41 Å². The summed E-state index contributed by atoms with van der Waals surface area (Å²) in [5.41, 5.74) is 1.07. The second kappa shape index (κ2) is 6.22. The van der Waals surface area contributed by atoms with E-state index in [2.05, 4.69) is 66.1 Å². The van der Waals surface area contributed by atoms with Crippen LogP contribution in [0, 0.1) is 0 Å². The second-order valence-electron chi connectivity index (χ2n) is 5.74. The van der Waals surface area contributed by atoms with Gasteiger partial charge in [-0.3, -0.25) is 0 Å². The van der Waals surface area contributed by atoms with Gasteiger partial charge in [0.1, 0.15) is 5.82 Å². The van der Waals surface area contributed by atoms with Crippen LogP contribution < -0.4 is 5.32 Å². The molecule has 0 aliphatic carbocycles. The molecule has 3 nitrogen and oxygen atoms in total. The molecule has 5 heteroatoms. The number of nitrogens with one attached hydrogen (secondary N) is 1. The summed E-state index contributed by atoms with van der Waals surface area (Å²) < 4.78 is 1.10. The smallest absolute Gasteiger partial charge is 0.171 e. The van der Waals surface area contributed by atoms with E-state index in [1.54, 1.807) is 11.3 Å². The molecule has 0 amide bonds. The lowest BCUT2D eigenvalue weighted by molar-refractivity contribution is 0.568. The molecule has 0 spiro atoms. The summed E-state index contributed by atoms with van der Waals surface area (Å²) in [6.07, 6.45) is 1.08. The van der Waals surface area contributed by atoms with Crippen LogP contribution >= 0.6 is 27.3 Å². The van der Waals surface area contributed by atoms with Crippen LogP contribution in [0.15, 0.2) is 22.0 Å².